The lowest BCUT2D eigenvalue weighted by Crippen LogP contribution is -2.29. The molecule has 1 rings (SSSR count). The highest BCUT2D eigenvalue weighted by atomic mass is 16.5. The third-order valence-corrected chi connectivity index (χ3v) is 2.49. The lowest BCUT2D eigenvalue weighted by atomic mass is 10.1. The largest absolute Gasteiger partial charge is 0.497 e. The standard InChI is InChI=1S/C14H21NO4/c1-10(2)9-19-14(17)15-8-13(16)11-4-6-12(18-3)7-5-11/h4-7,10,13,16H,8-9H2,1-3H3,(H,15,17). The van der Waals surface area contributed by atoms with E-state index in [2.05, 4.69) is 5.32 Å². The van der Waals surface area contributed by atoms with E-state index in [1.807, 2.05) is 13.8 Å². The third-order valence-electron chi connectivity index (χ3n) is 2.49. The quantitative estimate of drug-likeness (QED) is 0.828. The summed E-state index contributed by atoms with van der Waals surface area (Å²) >= 11 is 0. The van der Waals surface area contributed by atoms with Crippen molar-refractivity contribution in [2.24, 2.45) is 5.92 Å². The number of rotatable bonds is 6. The molecule has 0 heterocycles. The van der Waals surface area contributed by atoms with E-state index in [9.17, 15) is 9.90 Å². The molecular weight excluding hydrogens is 246 g/mol. The zero-order valence-electron chi connectivity index (χ0n) is 11.6. The molecule has 0 saturated heterocycles. The summed E-state index contributed by atoms with van der Waals surface area (Å²) in [6.45, 7) is 4.40. The highest BCUT2D eigenvalue weighted by Gasteiger charge is 2.10. The molecule has 0 aliphatic heterocycles. The van der Waals surface area contributed by atoms with Gasteiger partial charge in [-0.2, -0.15) is 0 Å². The lowest BCUT2D eigenvalue weighted by molar-refractivity contribution is 0.121. The van der Waals surface area contributed by atoms with Crippen LogP contribution in [0.4, 0.5) is 4.79 Å². The summed E-state index contributed by atoms with van der Waals surface area (Å²) in [7, 11) is 1.58. The first-order chi connectivity index (χ1) is 9.02. The smallest absolute Gasteiger partial charge is 0.407 e. The van der Waals surface area contributed by atoms with Crippen LogP contribution in [0.3, 0.4) is 0 Å². The second kappa shape index (κ2) is 7.63. The molecule has 0 fully saturated rings. The second-order valence-electron chi connectivity index (χ2n) is 4.66. The van der Waals surface area contributed by atoms with Crippen LogP contribution in [0.25, 0.3) is 0 Å². The van der Waals surface area contributed by atoms with E-state index in [-0.39, 0.29) is 12.5 Å². The Bertz CT molecular complexity index is 389. The number of benzene rings is 1. The highest BCUT2D eigenvalue weighted by molar-refractivity contribution is 5.67. The highest BCUT2D eigenvalue weighted by Crippen LogP contribution is 2.16. The van der Waals surface area contributed by atoms with Crippen LogP contribution in [0.5, 0.6) is 5.75 Å². The number of amides is 1. The maximum absolute atomic E-state index is 11.3. The first kappa shape index (κ1) is 15.3. The van der Waals surface area contributed by atoms with E-state index in [1.165, 1.54) is 0 Å². The van der Waals surface area contributed by atoms with Gasteiger partial charge in [-0.3, -0.25) is 0 Å². The van der Waals surface area contributed by atoms with Gasteiger partial charge in [0, 0.05) is 0 Å². The van der Waals surface area contributed by atoms with E-state index in [4.69, 9.17) is 9.47 Å². The molecule has 0 aliphatic carbocycles. The number of hydrogen-bond acceptors (Lipinski definition) is 4. The van der Waals surface area contributed by atoms with Crippen LogP contribution in [0.1, 0.15) is 25.5 Å². The number of carbonyl (C=O) groups excluding carboxylic acids is 1. The van der Waals surface area contributed by atoms with Crippen LogP contribution in [0.15, 0.2) is 24.3 Å². The van der Waals surface area contributed by atoms with Gasteiger partial charge in [0.1, 0.15) is 5.75 Å². The number of aliphatic hydroxyl groups excluding tert-OH is 1. The Kier molecular flexibility index (Phi) is 6.15. The van der Waals surface area contributed by atoms with Gasteiger partial charge in [0.2, 0.25) is 0 Å². The molecule has 0 radical (unpaired) electrons. The first-order valence-corrected chi connectivity index (χ1v) is 6.25. The molecule has 1 unspecified atom stereocenters. The fourth-order valence-electron chi connectivity index (χ4n) is 1.42. The predicted molar refractivity (Wildman–Crippen MR) is 72.1 cm³/mol. The van der Waals surface area contributed by atoms with Crippen molar-refractivity contribution in [2.45, 2.75) is 20.0 Å². The Morgan fingerprint density at radius 2 is 1.95 bits per heavy atom. The number of nitrogens with one attached hydrogen (secondary N) is 1. The molecule has 5 heteroatoms. The topological polar surface area (TPSA) is 67.8 Å². The normalized spacial score (nSPS) is 12.1. The number of hydrogen-bond donors (Lipinski definition) is 2. The van der Waals surface area contributed by atoms with E-state index in [1.54, 1.807) is 31.4 Å². The molecular formula is C14H21NO4. The Morgan fingerprint density at radius 1 is 1.32 bits per heavy atom. The zero-order chi connectivity index (χ0) is 14.3. The van der Waals surface area contributed by atoms with E-state index >= 15 is 0 Å². The molecule has 0 aliphatic rings. The molecule has 0 spiro atoms. The van der Waals surface area contributed by atoms with Gasteiger partial charge in [-0.25, -0.2) is 4.79 Å². The number of alkyl carbamates (subject to hydrolysis) is 1. The molecule has 2 N–H and O–H groups in total. The minimum absolute atomic E-state index is 0.114. The fourth-order valence-corrected chi connectivity index (χ4v) is 1.42. The summed E-state index contributed by atoms with van der Waals surface area (Å²) in [6, 6.07) is 7.03. The van der Waals surface area contributed by atoms with Crippen LogP contribution in [0, 0.1) is 5.92 Å². The molecule has 5 nitrogen and oxygen atoms in total. The van der Waals surface area contributed by atoms with Crippen LogP contribution in [0.2, 0.25) is 0 Å². The summed E-state index contributed by atoms with van der Waals surface area (Å²) in [5.74, 6) is 1.01. The lowest BCUT2D eigenvalue weighted by Gasteiger charge is -2.13. The Balaban J connectivity index is 2.37. The molecule has 106 valence electrons. The molecule has 1 aromatic rings. The van der Waals surface area contributed by atoms with Crippen LogP contribution < -0.4 is 10.1 Å². The SMILES string of the molecule is COc1ccc(C(O)CNC(=O)OCC(C)C)cc1. The zero-order valence-corrected chi connectivity index (χ0v) is 11.6. The van der Waals surface area contributed by atoms with Crippen molar-refractivity contribution in [2.75, 3.05) is 20.3 Å². The van der Waals surface area contributed by atoms with Gasteiger partial charge in [0.15, 0.2) is 0 Å². The Labute approximate surface area is 113 Å². The number of methoxy groups -OCH3 is 1. The molecule has 1 amide bonds. The first-order valence-electron chi connectivity index (χ1n) is 6.25. The molecule has 0 bridgehead atoms. The van der Waals surface area contributed by atoms with Crippen molar-refractivity contribution in [1.29, 1.82) is 0 Å². The van der Waals surface area contributed by atoms with Crippen LogP contribution in [-0.2, 0) is 4.74 Å². The molecule has 19 heavy (non-hydrogen) atoms. The van der Waals surface area contributed by atoms with Gasteiger partial charge in [0.05, 0.1) is 26.4 Å². The minimum atomic E-state index is -0.766. The predicted octanol–water partition coefficient (Wildman–Crippen LogP) is 2.11. The summed E-state index contributed by atoms with van der Waals surface area (Å²) in [5.41, 5.74) is 0.713. The molecule has 1 aromatic carbocycles. The van der Waals surface area contributed by atoms with Crippen LogP contribution in [-0.4, -0.2) is 31.5 Å². The monoisotopic (exact) mass is 267 g/mol. The summed E-state index contributed by atoms with van der Waals surface area (Å²) < 4.78 is 9.98. The van der Waals surface area contributed by atoms with Crippen molar-refractivity contribution in [3.05, 3.63) is 29.8 Å². The Hall–Kier alpha value is -1.75. The molecule has 1 atom stereocenters. The average molecular weight is 267 g/mol. The maximum atomic E-state index is 11.3. The average Bonchev–Trinajstić information content (AvgIpc) is 2.42. The molecule has 0 aromatic heterocycles. The maximum Gasteiger partial charge on any atom is 0.407 e. The number of aliphatic hydroxyl groups is 1. The van der Waals surface area contributed by atoms with Gasteiger partial charge in [-0.05, 0) is 23.6 Å². The summed E-state index contributed by atoms with van der Waals surface area (Å²) in [4.78, 5) is 11.3. The Morgan fingerprint density at radius 3 is 2.47 bits per heavy atom. The van der Waals surface area contributed by atoms with Gasteiger partial charge in [-0.15, -0.1) is 0 Å². The van der Waals surface area contributed by atoms with Crippen molar-refractivity contribution in [3.8, 4) is 5.75 Å². The van der Waals surface area contributed by atoms with Crippen molar-refractivity contribution >= 4 is 6.09 Å². The van der Waals surface area contributed by atoms with Crippen molar-refractivity contribution in [1.82, 2.24) is 5.32 Å². The van der Waals surface area contributed by atoms with E-state index < -0.39 is 12.2 Å². The fraction of sp³-hybridized carbons (Fsp3) is 0.500. The molecule has 0 saturated carbocycles. The van der Waals surface area contributed by atoms with Gasteiger partial charge >= 0.3 is 6.09 Å². The van der Waals surface area contributed by atoms with Gasteiger partial charge < -0.3 is 19.9 Å². The minimum Gasteiger partial charge on any atom is -0.497 e. The van der Waals surface area contributed by atoms with Gasteiger partial charge in [-0.1, -0.05) is 26.0 Å². The van der Waals surface area contributed by atoms with E-state index in [0.29, 0.717) is 12.2 Å². The van der Waals surface area contributed by atoms with Crippen molar-refractivity contribution in [3.63, 3.8) is 0 Å². The second-order valence-corrected chi connectivity index (χ2v) is 4.66. The summed E-state index contributed by atoms with van der Waals surface area (Å²) in [5, 5.41) is 12.4. The summed E-state index contributed by atoms with van der Waals surface area (Å²) in [6.07, 6.45) is -1.28. The van der Waals surface area contributed by atoms with Crippen LogP contribution >= 0.6 is 0 Å². The number of ether oxygens (including phenoxy) is 2. The number of carbonyl (C=O) groups is 1. The van der Waals surface area contributed by atoms with Gasteiger partial charge in [0.25, 0.3) is 0 Å². The van der Waals surface area contributed by atoms with E-state index in [0.717, 1.165) is 5.75 Å². The third kappa shape index (κ3) is 5.61. The van der Waals surface area contributed by atoms with Crippen molar-refractivity contribution < 1.29 is 19.4 Å².